The Hall–Kier alpha value is -2.96. The van der Waals surface area contributed by atoms with Crippen LogP contribution in [-0.2, 0) is 13.1 Å². The third kappa shape index (κ3) is 5.51. The van der Waals surface area contributed by atoms with Crippen LogP contribution in [0.4, 0.5) is 11.5 Å². The summed E-state index contributed by atoms with van der Waals surface area (Å²) in [4.78, 5) is 22.8. The van der Waals surface area contributed by atoms with Crippen LogP contribution in [0.5, 0.6) is 0 Å². The van der Waals surface area contributed by atoms with E-state index in [2.05, 4.69) is 15.3 Å². The maximum atomic E-state index is 12.4. The van der Waals surface area contributed by atoms with Crippen LogP contribution >= 0.6 is 12.4 Å². The molecule has 0 atom stereocenters. The second-order valence-corrected chi connectivity index (χ2v) is 5.95. The van der Waals surface area contributed by atoms with Gasteiger partial charge in [-0.2, -0.15) is 0 Å². The number of carbonyl (C=O) groups is 1. The van der Waals surface area contributed by atoms with Crippen molar-refractivity contribution in [2.24, 2.45) is 5.73 Å². The summed E-state index contributed by atoms with van der Waals surface area (Å²) in [6, 6.07) is 18.8. The molecule has 0 aliphatic rings. The number of para-hydroxylation sites is 1. The summed E-state index contributed by atoms with van der Waals surface area (Å²) >= 11 is 0. The number of benzene rings is 2. The summed E-state index contributed by atoms with van der Waals surface area (Å²) in [5.41, 5.74) is 8.83. The van der Waals surface area contributed by atoms with Crippen LogP contribution < -0.4 is 16.0 Å². The van der Waals surface area contributed by atoms with Crippen LogP contribution in [0.3, 0.4) is 0 Å². The van der Waals surface area contributed by atoms with Crippen LogP contribution in [0.2, 0.25) is 0 Å². The zero-order chi connectivity index (χ0) is 18.4. The third-order valence-electron chi connectivity index (χ3n) is 3.95. The van der Waals surface area contributed by atoms with Gasteiger partial charge in [0.25, 0.3) is 5.91 Å². The summed E-state index contributed by atoms with van der Waals surface area (Å²) < 4.78 is 0. The first kappa shape index (κ1) is 20.4. The summed E-state index contributed by atoms with van der Waals surface area (Å²) in [6.07, 6.45) is 1.51. The minimum atomic E-state index is -0.131. The average Bonchev–Trinajstić information content (AvgIpc) is 2.69. The highest BCUT2D eigenvalue weighted by Crippen LogP contribution is 2.15. The Bertz CT molecular complexity index is 888. The van der Waals surface area contributed by atoms with Crippen molar-refractivity contribution in [3.63, 3.8) is 0 Å². The zero-order valence-electron chi connectivity index (χ0n) is 15.0. The van der Waals surface area contributed by atoms with Gasteiger partial charge in [-0.1, -0.05) is 30.3 Å². The van der Waals surface area contributed by atoms with E-state index in [9.17, 15) is 4.79 Å². The largest absolute Gasteiger partial charge is 0.355 e. The molecule has 0 bridgehead atoms. The maximum Gasteiger partial charge on any atom is 0.255 e. The van der Waals surface area contributed by atoms with Crippen molar-refractivity contribution in [3.8, 4) is 0 Å². The van der Waals surface area contributed by atoms with Crippen molar-refractivity contribution in [1.29, 1.82) is 0 Å². The van der Waals surface area contributed by atoms with E-state index < -0.39 is 0 Å². The van der Waals surface area contributed by atoms with E-state index >= 15 is 0 Å². The number of amides is 1. The minimum absolute atomic E-state index is 0. The van der Waals surface area contributed by atoms with E-state index in [-0.39, 0.29) is 18.3 Å². The molecule has 7 heteroatoms. The number of aromatic nitrogens is 2. The number of carbonyl (C=O) groups excluding carboxylic acids is 1. The zero-order valence-corrected chi connectivity index (χ0v) is 15.8. The Kier molecular flexibility index (Phi) is 7.28. The van der Waals surface area contributed by atoms with Gasteiger partial charge in [0.1, 0.15) is 12.1 Å². The van der Waals surface area contributed by atoms with Gasteiger partial charge in [-0.3, -0.25) is 4.79 Å². The Morgan fingerprint density at radius 2 is 1.85 bits per heavy atom. The summed E-state index contributed by atoms with van der Waals surface area (Å²) in [5, 5.41) is 2.90. The van der Waals surface area contributed by atoms with Crippen molar-refractivity contribution >= 4 is 29.8 Å². The molecule has 27 heavy (non-hydrogen) atoms. The van der Waals surface area contributed by atoms with Gasteiger partial charge < -0.3 is 16.0 Å². The Balaban J connectivity index is 0.00000261. The lowest BCUT2D eigenvalue weighted by Gasteiger charge is -2.19. The Labute approximate surface area is 164 Å². The van der Waals surface area contributed by atoms with Crippen LogP contribution in [0.15, 0.2) is 67.0 Å². The second kappa shape index (κ2) is 9.66. The summed E-state index contributed by atoms with van der Waals surface area (Å²) in [7, 11) is 1.94. The fraction of sp³-hybridized carbons (Fsp3) is 0.150. The molecule has 2 aromatic carbocycles. The molecular weight excluding hydrogens is 362 g/mol. The van der Waals surface area contributed by atoms with E-state index in [1.54, 1.807) is 6.07 Å². The average molecular weight is 384 g/mol. The van der Waals surface area contributed by atoms with E-state index in [0.29, 0.717) is 18.7 Å². The van der Waals surface area contributed by atoms with Gasteiger partial charge in [0.2, 0.25) is 0 Å². The Morgan fingerprint density at radius 1 is 1.07 bits per heavy atom. The highest BCUT2D eigenvalue weighted by molar-refractivity contribution is 6.04. The second-order valence-electron chi connectivity index (χ2n) is 5.95. The maximum absolute atomic E-state index is 12.4. The molecule has 0 saturated carbocycles. The summed E-state index contributed by atoms with van der Waals surface area (Å²) in [5.74, 6) is 0.660. The molecule has 3 aromatic rings. The number of hydrogen-bond acceptors (Lipinski definition) is 5. The van der Waals surface area contributed by atoms with E-state index in [4.69, 9.17) is 5.73 Å². The van der Waals surface area contributed by atoms with Crippen LogP contribution in [0.25, 0.3) is 0 Å². The molecule has 0 radical (unpaired) electrons. The molecule has 6 nitrogen and oxygen atoms in total. The first-order valence-electron chi connectivity index (χ1n) is 8.33. The molecule has 0 aliphatic carbocycles. The molecule has 0 unspecified atom stereocenters. The van der Waals surface area contributed by atoms with Crippen molar-refractivity contribution in [2.75, 3.05) is 17.3 Å². The quantitative estimate of drug-likeness (QED) is 0.682. The number of nitrogens with two attached hydrogens (primary N) is 1. The van der Waals surface area contributed by atoms with Crippen molar-refractivity contribution < 1.29 is 4.79 Å². The monoisotopic (exact) mass is 383 g/mol. The number of nitrogens with zero attached hydrogens (tertiary/aromatic N) is 3. The smallest absolute Gasteiger partial charge is 0.255 e. The van der Waals surface area contributed by atoms with Crippen LogP contribution in [0.1, 0.15) is 21.6 Å². The topological polar surface area (TPSA) is 84.1 Å². The van der Waals surface area contributed by atoms with Crippen molar-refractivity contribution in [3.05, 3.63) is 83.8 Å². The van der Waals surface area contributed by atoms with Crippen molar-refractivity contribution in [1.82, 2.24) is 9.97 Å². The standard InChI is InChI=1S/C20H21N5O.ClH/c1-25(19-11-18(12-21)22-14-23-19)13-15-6-5-7-16(10-15)20(26)24-17-8-3-2-4-9-17;/h2-11,14H,12-13,21H2,1H3,(H,24,26);1H. The molecule has 3 rings (SSSR count). The van der Waals surface area contributed by atoms with Crippen LogP contribution in [-0.4, -0.2) is 22.9 Å². The molecule has 0 saturated heterocycles. The normalized spacial score (nSPS) is 10.0. The van der Waals surface area contributed by atoms with Gasteiger partial charge in [0.15, 0.2) is 0 Å². The number of anilines is 2. The fourth-order valence-electron chi connectivity index (χ4n) is 2.60. The lowest BCUT2D eigenvalue weighted by Crippen LogP contribution is -2.19. The molecule has 3 N–H and O–H groups in total. The van der Waals surface area contributed by atoms with Gasteiger partial charge in [0.05, 0.1) is 5.69 Å². The SMILES string of the molecule is CN(Cc1cccc(C(=O)Nc2ccccc2)c1)c1cc(CN)ncn1.Cl. The number of hydrogen-bond donors (Lipinski definition) is 2. The molecule has 1 amide bonds. The lowest BCUT2D eigenvalue weighted by atomic mass is 10.1. The van der Waals surface area contributed by atoms with Crippen LogP contribution in [0, 0.1) is 0 Å². The number of nitrogens with one attached hydrogen (secondary N) is 1. The van der Waals surface area contributed by atoms with E-state index in [0.717, 1.165) is 22.8 Å². The van der Waals surface area contributed by atoms with Gasteiger partial charge in [-0.15, -0.1) is 12.4 Å². The van der Waals surface area contributed by atoms with Gasteiger partial charge in [0, 0.05) is 37.5 Å². The minimum Gasteiger partial charge on any atom is -0.355 e. The number of halogens is 1. The Morgan fingerprint density at radius 3 is 2.59 bits per heavy atom. The number of rotatable bonds is 6. The first-order valence-corrected chi connectivity index (χ1v) is 8.33. The summed E-state index contributed by atoms with van der Waals surface area (Å²) in [6.45, 7) is 0.992. The van der Waals surface area contributed by atoms with Gasteiger partial charge in [-0.25, -0.2) is 9.97 Å². The molecular formula is C20H22ClN5O. The molecule has 140 valence electrons. The third-order valence-corrected chi connectivity index (χ3v) is 3.95. The highest BCUT2D eigenvalue weighted by Gasteiger charge is 2.09. The predicted octanol–water partition coefficient (Wildman–Crippen LogP) is 3.25. The fourth-order valence-corrected chi connectivity index (χ4v) is 2.60. The molecule has 0 aliphatic heterocycles. The first-order chi connectivity index (χ1) is 12.7. The van der Waals surface area contributed by atoms with E-state index in [1.807, 2.05) is 66.5 Å². The van der Waals surface area contributed by atoms with E-state index in [1.165, 1.54) is 6.33 Å². The highest BCUT2D eigenvalue weighted by atomic mass is 35.5. The molecule has 1 heterocycles. The van der Waals surface area contributed by atoms with Gasteiger partial charge in [-0.05, 0) is 29.8 Å². The van der Waals surface area contributed by atoms with Crippen molar-refractivity contribution in [2.45, 2.75) is 13.1 Å². The lowest BCUT2D eigenvalue weighted by molar-refractivity contribution is 0.102. The molecule has 1 aromatic heterocycles. The molecule has 0 fully saturated rings. The van der Waals surface area contributed by atoms with Gasteiger partial charge >= 0.3 is 0 Å². The molecule has 0 spiro atoms. The predicted molar refractivity (Wildman–Crippen MR) is 110 cm³/mol.